The monoisotopic (exact) mass is 298 g/mol. The first-order valence-corrected chi connectivity index (χ1v) is 6.51. The van der Waals surface area contributed by atoms with Gasteiger partial charge in [-0.1, -0.05) is 17.7 Å². The highest BCUT2D eigenvalue weighted by atomic mass is 35.5. The Labute approximate surface area is 121 Å². The van der Waals surface area contributed by atoms with Crippen LogP contribution in [0.3, 0.4) is 0 Å². The van der Waals surface area contributed by atoms with Crippen LogP contribution in [0.25, 0.3) is 0 Å². The molecule has 0 saturated heterocycles. The van der Waals surface area contributed by atoms with Crippen molar-refractivity contribution in [2.24, 2.45) is 7.05 Å². The standard InChI is InChI=1S/C14H16ClFN2O2/c1-8-13(14(15)18(2)17-8)11(19)7-9-4-5-12(20-3)10(16)6-9/h4-6,11,19H,7H2,1-3H3. The molecular formula is C14H16ClFN2O2. The van der Waals surface area contributed by atoms with E-state index in [1.165, 1.54) is 23.9 Å². The zero-order chi connectivity index (χ0) is 14.9. The predicted molar refractivity (Wildman–Crippen MR) is 74.6 cm³/mol. The molecule has 1 unspecified atom stereocenters. The molecular weight excluding hydrogens is 283 g/mol. The van der Waals surface area contributed by atoms with Crippen molar-refractivity contribution >= 4 is 11.6 Å². The second-order valence-corrected chi connectivity index (χ2v) is 4.96. The number of halogens is 2. The van der Waals surface area contributed by atoms with Crippen molar-refractivity contribution in [1.82, 2.24) is 9.78 Å². The van der Waals surface area contributed by atoms with E-state index >= 15 is 0 Å². The first-order chi connectivity index (χ1) is 9.43. The van der Waals surface area contributed by atoms with Crippen molar-refractivity contribution in [3.8, 4) is 5.75 Å². The van der Waals surface area contributed by atoms with E-state index in [0.717, 1.165) is 0 Å². The molecule has 0 aliphatic carbocycles. The van der Waals surface area contributed by atoms with E-state index in [9.17, 15) is 9.50 Å². The van der Waals surface area contributed by atoms with E-state index in [1.54, 1.807) is 20.0 Å². The maximum absolute atomic E-state index is 13.6. The number of aliphatic hydroxyl groups excluding tert-OH is 1. The third-order valence-corrected chi connectivity index (χ3v) is 3.62. The Bertz CT molecular complexity index is 628. The summed E-state index contributed by atoms with van der Waals surface area (Å²) in [6.07, 6.45) is -0.573. The molecule has 108 valence electrons. The quantitative estimate of drug-likeness (QED) is 0.944. The molecule has 0 aliphatic rings. The molecule has 0 bridgehead atoms. The van der Waals surface area contributed by atoms with Gasteiger partial charge in [0, 0.05) is 19.0 Å². The SMILES string of the molecule is COc1ccc(CC(O)c2c(C)nn(C)c2Cl)cc1F. The predicted octanol–water partition coefficient (Wildman–Crippen LogP) is 2.81. The molecule has 0 fully saturated rings. The third-order valence-electron chi connectivity index (χ3n) is 3.17. The topological polar surface area (TPSA) is 47.3 Å². The van der Waals surface area contributed by atoms with Crippen LogP contribution >= 0.6 is 11.6 Å². The van der Waals surface area contributed by atoms with Gasteiger partial charge in [-0.25, -0.2) is 4.39 Å². The van der Waals surface area contributed by atoms with Gasteiger partial charge < -0.3 is 9.84 Å². The molecule has 4 nitrogen and oxygen atoms in total. The van der Waals surface area contributed by atoms with Gasteiger partial charge in [-0.15, -0.1) is 0 Å². The molecule has 0 radical (unpaired) electrons. The fourth-order valence-corrected chi connectivity index (χ4v) is 2.49. The lowest BCUT2D eigenvalue weighted by molar-refractivity contribution is 0.177. The van der Waals surface area contributed by atoms with E-state index in [4.69, 9.17) is 16.3 Å². The minimum absolute atomic E-state index is 0.179. The first-order valence-electron chi connectivity index (χ1n) is 6.13. The van der Waals surface area contributed by atoms with Gasteiger partial charge in [0.2, 0.25) is 0 Å². The highest BCUT2D eigenvalue weighted by Gasteiger charge is 2.20. The van der Waals surface area contributed by atoms with Crippen LogP contribution in [0.4, 0.5) is 4.39 Å². The molecule has 1 heterocycles. The number of methoxy groups -OCH3 is 1. The van der Waals surface area contributed by atoms with Crippen molar-refractivity contribution in [3.05, 3.63) is 46.0 Å². The summed E-state index contributed by atoms with van der Waals surface area (Å²) in [5.41, 5.74) is 1.90. The Morgan fingerprint density at radius 1 is 1.50 bits per heavy atom. The van der Waals surface area contributed by atoms with Crippen LogP contribution in [0.5, 0.6) is 5.75 Å². The number of aromatic nitrogens is 2. The van der Waals surface area contributed by atoms with Gasteiger partial charge >= 0.3 is 0 Å². The molecule has 0 aliphatic heterocycles. The summed E-state index contributed by atoms with van der Waals surface area (Å²) in [4.78, 5) is 0. The summed E-state index contributed by atoms with van der Waals surface area (Å²) in [6.45, 7) is 1.78. The number of ether oxygens (including phenoxy) is 1. The molecule has 1 aromatic heterocycles. The zero-order valence-corrected chi connectivity index (χ0v) is 12.3. The third kappa shape index (κ3) is 2.78. The van der Waals surface area contributed by atoms with E-state index < -0.39 is 11.9 Å². The molecule has 1 aromatic carbocycles. The molecule has 2 rings (SSSR count). The van der Waals surface area contributed by atoms with Gasteiger partial charge in [0.15, 0.2) is 11.6 Å². The second kappa shape index (κ2) is 5.81. The minimum Gasteiger partial charge on any atom is -0.494 e. The number of benzene rings is 1. The smallest absolute Gasteiger partial charge is 0.165 e. The van der Waals surface area contributed by atoms with Crippen LogP contribution in [0, 0.1) is 12.7 Å². The molecule has 2 aromatic rings. The molecule has 20 heavy (non-hydrogen) atoms. The normalized spacial score (nSPS) is 12.5. The largest absolute Gasteiger partial charge is 0.494 e. The van der Waals surface area contributed by atoms with Gasteiger partial charge in [0.25, 0.3) is 0 Å². The maximum atomic E-state index is 13.6. The summed E-state index contributed by atoms with van der Waals surface area (Å²) in [5, 5.41) is 14.8. The average Bonchev–Trinajstić information content (AvgIpc) is 2.63. The minimum atomic E-state index is -0.830. The lowest BCUT2D eigenvalue weighted by atomic mass is 10.0. The lowest BCUT2D eigenvalue weighted by Gasteiger charge is -2.11. The molecule has 6 heteroatoms. The average molecular weight is 299 g/mol. The summed E-state index contributed by atoms with van der Waals surface area (Å²) in [5.74, 6) is -0.273. The van der Waals surface area contributed by atoms with Crippen LogP contribution < -0.4 is 4.74 Å². The Hall–Kier alpha value is -1.59. The zero-order valence-electron chi connectivity index (χ0n) is 11.5. The first kappa shape index (κ1) is 14.8. The maximum Gasteiger partial charge on any atom is 0.165 e. The van der Waals surface area contributed by atoms with Gasteiger partial charge in [-0.2, -0.15) is 5.10 Å². The molecule has 1 N–H and O–H groups in total. The van der Waals surface area contributed by atoms with Crippen LogP contribution in [-0.2, 0) is 13.5 Å². The van der Waals surface area contributed by atoms with Crippen LogP contribution in [0.1, 0.15) is 22.9 Å². The number of rotatable bonds is 4. The van der Waals surface area contributed by atoms with Gasteiger partial charge in [0.1, 0.15) is 5.15 Å². The molecule has 0 amide bonds. The summed E-state index contributed by atoms with van der Waals surface area (Å²) in [6, 6.07) is 4.60. The highest BCUT2D eigenvalue weighted by Crippen LogP contribution is 2.29. The molecule has 1 atom stereocenters. The Morgan fingerprint density at radius 2 is 2.20 bits per heavy atom. The van der Waals surface area contributed by atoms with Gasteiger partial charge in [-0.3, -0.25) is 4.68 Å². The highest BCUT2D eigenvalue weighted by molar-refractivity contribution is 6.30. The van der Waals surface area contributed by atoms with Crippen molar-refractivity contribution in [3.63, 3.8) is 0 Å². The fourth-order valence-electron chi connectivity index (χ4n) is 2.19. The van der Waals surface area contributed by atoms with Crippen LogP contribution in [-0.4, -0.2) is 22.0 Å². The Morgan fingerprint density at radius 3 is 2.70 bits per heavy atom. The summed E-state index contributed by atoms with van der Waals surface area (Å²) < 4.78 is 20.0. The molecule has 0 saturated carbocycles. The lowest BCUT2D eigenvalue weighted by Crippen LogP contribution is -2.04. The van der Waals surface area contributed by atoms with E-state index in [2.05, 4.69) is 5.10 Å². The van der Waals surface area contributed by atoms with Gasteiger partial charge in [0.05, 0.1) is 18.9 Å². The van der Waals surface area contributed by atoms with Crippen molar-refractivity contribution < 1.29 is 14.2 Å². The van der Waals surface area contributed by atoms with E-state index in [1.807, 2.05) is 0 Å². The number of hydrogen-bond acceptors (Lipinski definition) is 3. The fraction of sp³-hybridized carbons (Fsp3) is 0.357. The van der Waals surface area contributed by atoms with Gasteiger partial charge in [-0.05, 0) is 24.6 Å². The Kier molecular flexibility index (Phi) is 4.30. The van der Waals surface area contributed by atoms with E-state index in [-0.39, 0.29) is 12.2 Å². The van der Waals surface area contributed by atoms with Crippen LogP contribution in [0.15, 0.2) is 18.2 Å². The number of nitrogens with zero attached hydrogens (tertiary/aromatic N) is 2. The Balaban J connectivity index is 2.23. The summed E-state index contributed by atoms with van der Waals surface area (Å²) >= 11 is 6.10. The van der Waals surface area contributed by atoms with Crippen LogP contribution in [0.2, 0.25) is 5.15 Å². The van der Waals surface area contributed by atoms with Crippen molar-refractivity contribution in [2.75, 3.05) is 7.11 Å². The number of hydrogen-bond donors (Lipinski definition) is 1. The number of aryl methyl sites for hydroxylation is 2. The van der Waals surface area contributed by atoms with Crippen molar-refractivity contribution in [1.29, 1.82) is 0 Å². The summed E-state index contributed by atoms with van der Waals surface area (Å²) in [7, 11) is 3.12. The second-order valence-electron chi connectivity index (χ2n) is 4.60. The van der Waals surface area contributed by atoms with Crippen molar-refractivity contribution in [2.45, 2.75) is 19.4 Å². The number of aliphatic hydroxyl groups is 1. The van der Waals surface area contributed by atoms with E-state index in [0.29, 0.717) is 22.0 Å². The molecule has 0 spiro atoms.